The summed E-state index contributed by atoms with van der Waals surface area (Å²) in [5.41, 5.74) is 0.364. The first-order chi connectivity index (χ1) is 8.06. The van der Waals surface area contributed by atoms with Crippen LogP contribution in [0.3, 0.4) is 0 Å². The van der Waals surface area contributed by atoms with Gasteiger partial charge in [0.25, 0.3) is 5.91 Å². The van der Waals surface area contributed by atoms with Gasteiger partial charge < -0.3 is 15.5 Å². The molecular weight excluding hydrogens is 218 g/mol. The number of phenols is 2. The number of benzene rings is 1. The highest BCUT2D eigenvalue weighted by Crippen LogP contribution is 2.33. The van der Waals surface area contributed by atoms with Crippen LogP contribution in [0.25, 0.3) is 0 Å². The summed E-state index contributed by atoms with van der Waals surface area (Å²) in [7, 11) is 0. The van der Waals surface area contributed by atoms with E-state index in [1.165, 1.54) is 31.0 Å². The van der Waals surface area contributed by atoms with Crippen molar-refractivity contribution < 1.29 is 15.0 Å². The Labute approximate surface area is 100 Å². The van der Waals surface area contributed by atoms with Crippen molar-refractivity contribution in [2.45, 2.75) is 32.2 Å². The molecular formula is C13H17NO3. The van der Waals surface area contributed by atoms with Crippen LogP contribution in [0.2, 0.25) is 0 Å². The van der Waals surface area contributed by atoms with Gasteiger partial charge in [0.1, 0.15) is 0 Å². The molecule has 0 aliphatic heterocycles. The van der Waals surface area contributed by atoms with Crippen LogP contribution < -0.4 is 5.32 Å². The molecule has 1 aromatic rings. The van der Waals surface area contributed by atoms with Gasteiger partial charge in [-0.2, -0.15) is 0 Å². The van der Waals surface area contributed by atoms with Gasteiger partial charge in [-0.15, -0.1) is 0 Å². The monoisotopic (exact) mass is 235 g/mol. The van der Waals surface area contributed by atoms with Gasteiger partial charge in [0, 0.05) is 11.6 Å². The first kappa shape index (κ1) is 11.8. The average molecular weight is 235 g/mol. The number of aromatic hydroxyl groups is 2. The highest BCUT2D eigenvalue weighted by atomic mass is 16.3. The molecule has 1 unspecified atom stereocenters. The number of carbonyl (C=O) groups is 1. The molecule has 0 radical (unpaired) electrons. The van der Waals surface area contributed by atoms with E-state index in [0.29, 0.717) is 5.56 Å². The van der Waals surface area contributed by atoms with Crippen molar-refractivity contribution in [2.24, 2.45) is 5.92 Å². The molecule has 1 saturated carbocycles. The zero-order chi connectivity index (χ0) is 12.4. The topological polar surface area (TPSA) is 69.6 Å². The lowest BCUT2D eigenvalue weighted by Gasteiger charge is -2.13. The van der Waals surface area contributed by atoms with Crippen LogP contribution in [0.1, 0.15) is 36.5 Å². The number of carbonyl (C=O) groups excluding carboxylic acids is 1. The van der Waals surface area contributed by atoms with Gasteiger partial charge in [0.15, 0.2) is 11.5 Å². The van der Waals surface area contributed by atoms with Crippen LogP contribution in [0.4, 0.5) is 0 Å². The van der Waals surface area contributed by atoms with E-state index in [1.807, 2.05) is 6.92 Å². The van der Waals surface area contributed by atoms with E-state index in [0.717, 1.165) is 12.3 Å². The minimum Gasteiger partial charge on any atom is -0.504 e. The summed E-state index contributed by atoms with van der Waals surface area (Å²) in [5, 5.41) is 21.3. The Bertz CT molecular complexity index is 427. The molecule has 4 heteroatoms. The van der Waals surface area contributed by atoms with Gasteiger partial charge in [0.05, 0.1) is 0 Å². The Morgan fingerprint density at radius 3 is 2.71 bits per heavy atom. The van der Waals surface area contributed by atoms with Gasteiger partial charge in [-0.3, -0.25) is 4.79 Å². The summed E-state index contributed by atoms with van der Waals surface area (Å²) in [5.74, 6) is 0.0621. The minimum atomic E-state index is -0.271. The lowest BCUT2D eigenvalue weighted by atomic mass is 10.1. The number of amides is 1. The Morgan fingerprint density at radius 2 is 2.12 bits per heavy atom. The number of rotatable bonds is 4. The molecule has 1 amide bonds. The third kappa shape index (κ3) is 3.12. The Hall–Kier alpha value is -1.71. The summed E-state index contributed by atoms with van der Waals surface area (Å²) >= 11 is 0. The molecule has 17 heavy (non-hydrogen) atoms. The molecule has 2 rings (SSSR count). The lowest BCUT2D eigenvalue weighted by molar-refractivity contribution is 0.0937. The summed E-state index contributed by atoms with van der Waals surface area (Å²) in [6, 6.07) is 4.23. The van der Waals surface area contributed by atoms with Crippen molar-refractivity contribution in [3.63, 3.8) is 0 Å². The van der Waals surface area contributed by atoms with E-state index in [2.05, 4.69) is 5.32 Å². The second-order valence-corrected chi connectivity index (χ2v) is 4.76. The van der Waals surface area contributed by atoms with E-state index in [-0.39, 0.29) is 23.4 Å². The predicted molar refractivity (Wildman–Crippen MR) is 64.0 cm³/mol. The molecule has 3 N–H and O–H groups in total. The highest BCUT2D eigenvalue weighted by molar-refractivity contribution is 5.95. The molecule has 0 heterocycles. The Kier molecular flexibility index (Phi) is 3.22. The fourth-order valence-electron chi connectivity index (χ4n) is 1.88. The lowest BCUT2D eigenvalue weighted by Crippen LogP contribution is -2.32. The number of phenolic OH excluding ortho intramolecular Hbond substituents is 2. The maximum absolute atomic E-state index is 11.8. The summed E-state index contributed by atoms with van der Waals surface area (Å²) in [6.07, 6.45) is 3.54. The minimum absolute atomic E-state index is 0.144. The summed E-state index contributed by atoms with van der Waals surface area (Å²) in [4.78, 5) is 11.8. The number of hydrogen-bond donors (Lipinski definition) is 3. The maximum Gasteiger partial charge on any atom is 0.251 e. The van der Waals surface area contributed by atoms with Crippen molar-refractivity contribution in [3.8, 4) is 11.5 Å². The molecule has 1 aromatic carbocycles. The van der Waals surface area contributed by atoms with Crippen molar-refractivity contribution in [2.75, 3.05) is 0 Å². The van der Waals surface area contributed by atoms with Crippen molar-refractivity contribution in [1.29, 1.82) is 0 Å². The molecule has 0 spiro atoms. The summed E-state index contributed by atoms with van der Waals surface area (Å²) < 4.78 is 0. The molecule has 0 saturated heterocycles. The van der Waals surface area contributed by atoms with E-state index in [9.17, 15) is 9.90 Å². The second kappa shape index (κ2) is 4.65. The van der Waals surface area contributed by atoms with Crippen LogP contribution in [0.15, 0.2) is 18.2 Å². The van der Waals surface area contributed by atoms with Gasteiger partial charge in [-0.05, 0) is 37.5 Å². The van der Waals surface area contributed by atoms with Crippen LogP contribution >= 0.6 is 0 Å². The Morgan fingerprint density at radius 1 is 1.41 bits per heavy atom. The van der Waals surface area contributed by atoms with Crippen LogP contribution in [0, 0.1) is 5.92 Å². The number of nitrogens with one attached hydrogen (secondary N) is 1. The van der Waals surface area contributed by atoms with E-state index in [4.69, 9.17) is 5.11 Å². The molecule has 0 bridgehead atoms. The zero-order valence-electron chi connectivity index (χ0n) is 9.81. The van der Waals surface area contributed by atoms with Crippen LogP contribution in [-0.4, -0.2) is 22.2 Å². The second-order valence-electron chi connectivity index (χ2n) is 4.76. The smallest absolute Gasteiger partial charge is 0.251 e. The molecule has 1 aliphatic rings. The number of hydrogen-bond acceptors (Lipinski definition) is 3. The predicted octanol–water partition coefficient (Wildman–Crippen LogP) is 2.02. The van der Waals surface area contributed by atoms with Crippen molar-refractivity contribution in [3.05, 3.63) is 23.8 Å². The van der Waals surface area contributed by atoms with Crippen molar-refractivity contribution >= 4 is 5.91 Å². The van der Waals surface area contributed by atoms with Gasteiger partial charge in [0.2, 0.25) is 0 Å². The standard InChI is InChI=1S/C13H17NO3/c1-8(6-9-2-3-9)14-13(17)10-4-5-11(15)12(16)7-10/h4-5,7-9,15-16H,2-3,6H2,1H3,(H,14,17). The highest BCUT2D eigenvalue weighted by Gasteiger charge is 2.24. The van der Waals surface area contributed by atoms with Gasteiger partial charge in [-0.25, -0.2) is 0 Å². The zero-order valence-corrected chi connectivity index (χ0v) is 9.81. The van der Waals surface area contributed by atoms with Crippen LogP contribution in [0.5, 0.6) is 11.5 Å². The Balaban J connectivity index is 1.95. The molecule has 4 nitrogen and oxygen atoms in total. The van der Waals surface area contributed by atoms with Crippen molar-refractivity contribution in [1.82, 2.24) is 5.32 Å². The average Bonchev–Trinajstić information content (AvgIpc) is 3.05. The maximum atomic E-state index is 11.8. The third-order valence-corrected chi connectivity index (χ3v) is 3.00. The summed E-state index contributed by atoms with van der Waals surface area (Å²) in [6.45, 7) is 1.98. The first-order valence-electron chi connectivity index (χ1n) is 5.89. The SMILES string of the molecule is CC(CC1CC1)NC(=O)c1ccc(O)c(O)c1. The normalized spacial score (nSPS) is 16.5. The quantitative estimate of drug-likeness (QED) is 0.699. The fourth-order valence-corrected chi connectivity index (χ4v) is 1.88. The first-order valence-corrected chi connectivity index (χ1v) is 5.89. The van der Waals surface area contributed by atoms with Crippen LogP contribution in [-0.2, 0) is 0 Å². The largest absolute Gasteiger partial charge is 0.504 e. The van der Waals surface area contributed by atoms with E-state index < -0.39 is 0 Å². The van der Waals surface area contributed by atoms with Gasteiger partial charge >= 0.3 is 0 Å². The third-order valence-electron chi connectivity index (χ3n) is 3.00. The molecule has 1 fully saturated rings. The van der Waals surface area contributed by atoms with Gasteiger partial charge in [-0.1, -0.05) is 12.8 Å². The molecule has 1 aliphatic carbocycles. The molecule has 92 valence electrons. The fraction of sp³-hybridized carbons (Fsp3) is 0.462. The van der Waals surface area contributed by atoms with E-state index >= 15 is 0 Å². The van der Waals surface area contributed by atoms with E-state index in [1.54, 1.807) is 0 Å². The molecule has 1 atom stereocenters. The molecule has 0 aromatic heterocycles.